The van der Waals surface area contributed by atoms with E-state index in [-0.39, 0.29) is 0 Å². The third kappa shape index (κ3) is 5.34. The summed E-state index contributed by atoms with van der Waals surface area (Å²) in [5.74, 6) is 1.88. The molecule has 1 heteroatoms. The van der Waals surface area contributed by atoms with E-state index in [1.807, 2.05) is 0 Å². The largest absolute Gasteiger partial charge is 0.317 e. The molecule has 0 saturated heterocycles. The quantitative estimate of drug-likeness (QED) is 0.662. The van der Waals surface area contributed by atoms with Crippen LogP contribution in [0.25, 0.3) is 0 Å². The second kappa shape index (κ2) is 8.11. The van der Waals surface area contributed by atoms with Crippen molar-refractivity contribution in [3.8, 4) is 0 Å². The van der Waals surface area contributed by atoms with Crippen LogP contribution in [-0.4, -0.2) is 13.1 Å². The molecule has 0 bridgehead atoms. The first kappa shape index (κ1) is 14.0. The Morgan fingerprint density at radius 2 is 1.75 bits per heavy atom. The average molecular weight is 225 g/mol. The van der Waals surface area contributed by atoms with E-state index >= 15 is 0 Å². The first-order valence-electron chi connectivity index (χ1n) is 7.43. The van der Waals surface area contributed by atoms with Crippen molar-refractivity contribution in [2.75, 3.05) is 7.05 Å². The van der Waals surface area contributed by atoms with Crippen LogP contribution in [0, 0.1) is 11.8 Å². The second-order valence-corrected chi connectivity index (χ2v) is 5.83. The predicted molar refractivity (Wildman–Crippen MR) is 72.7 cm³/mol. The standard InChI is InChI=1S/C15H31N/c1-4-13(2)11-15(16-3)12-14-9-7-5-6-8-10-14/h13-16H,4-12H2,1-3H3. The van der Waals surface area contributed by atoms with E-state index in [0.29, 0.717) is 0 Å². The molecule has 1 nitrogen and oxygen atoms in total. The first-order valence-corrected chi connectivity index (χ1v) is 7.43. The van der Waals surface area contributed by atoms with E-state index in [9.17, 15) is 0 Å². The molecule has 0 heterocycles. The highest BCUT2D eigenvalue weighted by Crippen LogP contribution is 2.28. The van der Waals surface area contributed by atoms with Crippen LogP contribution in [0.2, 0.25) is 0 Å². The zero-order valence-electron chi connectivity index (χ0n) is 11.6. The molecule has 1 aliphatic rings. The van der Waals surface area contributed by atoms with Crippen molar-refractivity contribution in [3.63, 3.8) is 0 Å². The molecule has 1 aliphatic carbocycles. The molecule has 1 saturated carbocycles. The minimum atomic E-state index is 0.762. The van der Waals surface area contributed by atoms with Gasteiger partial charge in [0.15, 0.2) is 0 Å². The summed E-state index contributed by atoms with van der Waals surface area (Å²) in [4.78, 5) is 0. The molecule has 0 aromatic carbocycles. The minimum Gasteiger partial charge on any atom is -0.317 e. The van der Waals surface area contributed by atoms with E-state index in [2.05, 4.69) is 26.2 Å². The Labute approximate surface area is 102 Å². The predicted octanol–water partition coefficient (Wildman–Crippen LogP) is 4.37. The molecule has 2 unspecified atom stereocenters. The van der Waals surface area contributed by atoms with Gasteiger partial charge in [0.25, 0.3) is 0 Å². The summed E-state index contributed by atoms with van der Waals surface area (Å²) in [6, 6.07) is 0.762. The molecule has 1 rings (SSSR count). The lowest BCUT2D eigenvalue weighted by molar-refractivity contribution is 0.319. The van der Waals surface area contributed by atoms with Crippen molar-refractivity contribution < 1.29 is 0 Å². The molecular weight excluding hydrogens is 194 g/mol. The summed E-state index contributed by atoms with van der Waals surface area (Å²) >= 11 is 0. The van der Waals surface area contributed by atoms with Crippen LogP contribution in [0.1, 0.15) is 71.6 Å². The van der Waals surface area contributed by atoms with Gasteiger partial charge in [-0.3, -0.25) is 0 Å². The maximum atomic E-state index is 3.53. The van der Waals surface area contributed by atoms with Crippen molar-refractivity contribution in [2.45, 2.75) is 77.7 Å². The number of rotatable bonds is 6. The first-order chi connectivity index (χ1) is 7.76. The van der Waals surface area contributed by atoms with Gasteiger partial charge in [-0.2, -0.15) is 0 Å². The maximum absolute atomic E-state index is 3.53. The molecule has 0 aromatic heterocycles. The van der Waals surface area contributed by atoms with Crippen LogP contribution in [-0.2, 0) is 0 Å². The van der Waals surface area contributed by atoms with Gasteiger partial charge >= 0.3 is 0 Å². The summed E-state index contributed by atoms with van der Waals surface area (Å²) in [6.07, 6.45) is 13.0. The third-order valence-corrected chi connectivity index (χ3v) is 4.38. The smallest absolute Gasteiger partial charge is 0.00692 e. The monoisotopic (exact) mass is 225 g/mol. The van der Waals surface area contributed by atoms with Gasteiger partial charge in [-0.1, -0.05) is 58.8 Å². The van der Waals surface area contributed by atoms with Gasteiger partial charge in [0.2, 0.25) is 0 Å². The summed E-state index contributed by atoms with van der Waals surface area (Å²) in [5.41, 5.74) is 0. The summed E-state index contributed by atoms with van der Waals surface area (Å²) in [7, 11) is 2.14. The fraction of sp³-hybridized carbons (Fsp3) is 1.00. The zero-order chi connectivity index (χ0) is 11.8. The maximum Gasteiger partial charge on any atom is 0.00692 e. The molecule has 96 valence electrons. The second-order valence-electron chi connectivity index (χ2n) is 5.83. The normalized spacial score (nSPS) is 22.7. The Bertz CT molecular complexity index is 159. The Balaban J connectivity index is 2.29. The lowest BCUT2D eigenvalue weighted by Gasteiger charge is -2.24. The van der Waals surface area contributed by atoms with Gasteiger partial charge in [0.1, 0.15) is 0 Å². The van der Waals surface area contributed by atoms with Crippen LogP contribution in [0.5, 0.6) is 0 Å². The average Bonchev–Trinajstić information content (AvgIpc) is 2.56. The van der Waals surface area contributed by atoms with Crippen LogP contribution in [0.3, 0.4) is 0 Å². The van der Waals surface area contributed by atoms with E-state index < -0.39 is 0 Å². The van der Waals surface area contributed by atoms with Gasteiger partial charge in [0.05, 0.1) is 0 Å². The Morgan fingerprint density at radius 3 is 2.25 bits per heavy atom. The van der Waals surface area contributed by atoms with E-state index in [4.69, 9.17) is 0 Å². The molecule has 1 fully saturated rings. The fourth-order valence-corrected chi connectivity index (χ4v) is 2.99. The van der Waals surface area contributed by atoms with Crippen molar-refractivity contribution in [3.05, 3.63) is 0 Å². The summed E-state index contributed by atoms with van der Waals surface area (Å²) < 4.78 is 0. The molecule has 0 aliphatic heterocycles. The fourth-order valence-electron chi connectivity index (χ4n) is 2.99. The van der Waals surface area contributed by atoms with Gasteiger partial charge in [-0.05, 0) is 31.7 Å². The van der Waals surface area contributed by atoms with Crippen LogP contribution in [0.4, 0.5) is 0 Å². The van der Waals surface area contributed by atoms with Crippen LogP contribution in [0.15, 0.2) is 0 Å². The van der Waals surface area contributed by atoms with Gasteiger partial charge in [0, 0.05) is 6.04 Å². The number of hydrogen-bond donors (Lipinski definition) is 1. The molecule has 2 atom stereocenters. The molecule has 0 aromatic rings. The Kier molecular flexibility index (Phi) is 7.11. The summed E-state index contributed by atoms with van der Waals surface area (Å²) in [6.45, 7) is 4.69. The third-order valence-electron chi connectivity index (χ3n) is 4.38. The lowest BCUT2D eigenvalue weighted by Crippen LogP contribution is -2.29. The number of nitrogens with one attached hydrogen (secondary N) is 1. The highest BCUT2D eigenvalue weighted by atomic mass is 14.9. The highest BCUT2D eigenvalue weighted by molar-refractivity contribution is 4.74. The number of hydrogen-bond acceptors (Lipinski definition) is 1. The van der Waals surface area contributed by atoms with E-state index in [0.717, 1.165) is 17.9 Å². The van der Waals surface area contributed by atoms with E-state index in [1.165, 1.54) is 57.8 Å². The molecule has 1 N–H and O–H groups in total. The molecule has 16 heavy (non-hydrogen) atoms. The van der Waals surface area contributed by atoms with E-state index in [1.54, 1.807) is 0 Å². The Morgan fingerprint density at radius 1 is 1.12 bits per heavy atom. The van der Waals surface area contributed by atoms with Crippen molar-refractivity contribution in [2.24, 2.45) is 11.8 Å². The molecule has 0 spiro atoms. The Hall–Kier alpha value is -0.0400. The van der Waals surface area contributed by atoms with Gasteiger partial charge in [-0.15, -0.1) is 0 Å². The molecule has 0 radical (unpaired) electrons. The van der Waals surface area contributed by atoms with Crippen molar-refractivity contribution in [1.82, 2.24) is 5.32 Å². The highest BCUT2D eigenvalue weighted by Gasteiger charge is 2.18. The van der Waals surface area contributed by atoms with Gasteiger partial charge in [-0.25, -0.2) is 0 Å². The minimum absolute atomic E-state index is 0.762. The lowest BCUT2D eigenvalue weighted by atomic mass is 9.88. The summed E-state index contributed by atoms with van der Waals surface area (Å²) in [5, 5.41) is 3.53. The van der Waals surface area contributed by atoms with Crippen LogP contribution < -0.4 is 5.32 Å². The SMILES string of the molecule is CCC(C)CC(CC1CCCCCC1)NC. The molecule has 0 amide bonds. The molecular formula is C15H31N. The van der Waals surface area contributed by atoms with Crippen LogP contribution >= 0.6 is 0 Å². The zero-order valence-corrected chi connectivity index (χ0v) is 11.6. The van der Waals surface area contributed by atoms with Crippen molar-refractivity contribution >= 4 is 0 Å². The topological polar surface area (TPSA) is 12.0 Å². The van der Waals surface area contributed by atoms with Crippen molar-refractivity contribution in [1.29, 1.82) is 0 Å². The van der Waals surface area contributed by atoms with Gasteiger partial charge < -0.3 is 5.32 Å².